The van der Waals surface area contributed by atoms with Gasteiger partial charge in [-0.15, -0.1) is 11.3 Å². The van der Waals surface area contributed by atoms with E-state index >= 15 is 0 Å². The van der Waals surface area contributed by atoms with E-state index in [1.54, 1.807) is 18.2 Å². The van der Waals surface area contributed by atoms with E-state index in [-0.39, 0.29) is 17.5 Å². The van der Waals surface area contributed by atoms with E-state index in [0.29, 0.717) is 50.6 Å². The third-order valence-corrected chi connectivity index (χ3v) is 5.83. The van der Waals surface area contributed by atoms with Crippen LogP contribution in [0.15, 0.2) is 34.2 Å². The second-order valence-electron chi connectivity index (χ2n) is 7.10. The molecule has 2 aromatic heterocycles. The van der Waals surface area contributed by atoms with E-state index in [2.05, 4.69) is 24.8 Å². The van der Waals surface area contributed by atoms with Crippen molar-refractivity contribution in [2.75, 3.05) is 26.2 Å². The molecule has 1 aliphatic heterocycles. The van der Waals surface area contributed by atoms with Gasteiger partial charge in [0, 0.05) is 37.3 Å². The normalized spacial score (nSPS) is 14.9. The molecule has 1 aromatic carbocycles. The summed E-state index contributed by atoms with van der Waals surface area (Å²) in [6, 6.07) is 6.31. The van der Waals surface area contributed by atoms with Gasteiger partial charge in [-0.05, 0) is 19.1 Å². The third kappa shape index (κ3) is 5.42. The van der Waals surface area contributed by atoms with Gasteiger partial charge in [0.15, 0.2) is 0 Å². The zero-order valence-electron chi connectivity index (χ0n) is 16.8. The molecule has 0 spiro atoms. The lowest BCUT2D eigenvalue weighted by Crippen LogP contribution is -2.48. The standard InChI is InChI=1S/C20H21F2N5O3S/c1-13-12-31-17(23-13)10-18(28)27-8-6-26(7-9-27)11-16-24-19(25-30-16)14-4-2-3-5-15(14)29-20(21)22/h2-5,12,20H,6-11H2,1H3. The van der Waals surface area contributed by atoms with Crippen LogP contribution in [0.4, 0.5) is 8.78 Å². The highest BCUT2D eigenvalue weighted by Crippen LogP contribution is 2.29. The first-order valence-electron chi connectivity index (χ1n) is 9.76. The van der Waals surface area contributed by atoms with Crippen molar-refractivity contribution in [1.29, 1.82) is 0 Å². The van der Waals surface area contributed by atoms with Gasteiger partial charge < -0.3 is 14.2 Å². The van der Waals surface area contributed by atoms with Crippen LogP contribution in [0.1, 0.15) is 16.6 Å². The summed E-state index contributed by atoms with van der Waals surface area (Å²) in [5.41, 5.74) is 1.27. The van der Waals surface area contributed by atoms with E-state index in [1.807, 2.05) is 17.2 Å². The number of halogens is 2. The third-order valence-electron chi connectivity index (χ3n) is 4.86. The molecule has 31 heavy (non-hydrogen) atoms. The van der Waals surface area contributed by atoms with Crippen LogP contribution in [0.3, 0.4) is 0 Å². The van der Waals surface area contributed by atoms with Crippen LogP contribution in [0.25, 0.3) is 11.4 Å². The first-order valence-corrected chi connectivity index (χ1v) is 10.6. The molecule has 11 heteroatoms. The van der Waals surface area contributed by atoms with Crippen LogP contribution in [-0.2, 0) is 17.8 Å². The highest BCUT2D eigenvalue weighted by molar-refractivity contribution is 7.09. The SMILES string of the molecule is Cc1csc(CC(=O)N2CCN(Cc3nc(-c4ccccc4OC(F)F)no3)CC2)n1. The number of piperazine rings is 1. The predicted molar refractivity (Wildman–Crippen MR) is 109 cm³/mol. The van der Waals surface area contributed by atoms with Crippen LogP contribution in [0.2, 0.25) is 0 Å². The number of amides is 1. The summed E-state index contributed by atoms with van der Waals surface area (Å²) in [5, 5.41) is 6.68. The number of ether oxygens (including phenoxy) is 1. The number of thiazole rings is 1. The molecule has 0 aliphatic carbocycles. The van der Waals surface area contributed by atoms with Gasteiger partial charge in [0.2, 0.25) is 17.6 Å². The van der Waals surface area contributed by atoms with E-state index in [9.17, 15) is 13.6 Å². The maximum atomic E-state index is 12.6. The number of para-hydroxylation sites is 1. The number of hydrogen-bond acceptors (Lipinski definition) is 8. The average molecular weight is 449 g/mol. The van der Waals surface area contributed by atoms with Gasteiger partial charge in [0.1, 0.15) is 10.8 Å². The van der Waals surface area contributed by atoms with Gasteiger partial charge in [0.05, 0.1) is 18.5 Å². The molecule has 1 saturated heterocycles. The Morgan fingerprint density at radius 2 is 2.00 bits per heavy atom. The monoisotopic (exact) mass is 449 g/mol. The van der Waals surface area contributed by atoms with Gasteiger partial charge in [-0.25, -0.2) is 4.98 Å². The first-order chi connectivity index (χ1) is 15.0. The Balaban J connectivity index is 1.32. The molecular weight excluding hydrogens is 428 g/mol. The number of aromatic nitrogens is 3. The van der Waals surface area contributed by atoms with Gasteiger partial charge in [0.25, 0.3) is 0 Å². The van der Waals surface area contributed by atoms with Gasteiger partial charge in [-0.3, -0.25) is 9.69 Å². The predicted octanol–water partition coefficient (Wildman–Crippen LogP) is 2.99. The quantitative estimate of drug-likeness (QED) is 0.548. The number of alkyl halides is 2. The molecular formula is C20H21F2N5O3S. The van der Waals surface area contributed by atoms with Crippen molar-refractivity contribution in [3.63, 3.8) is 0 Å². The highest BCUT2D eigenvalue weighted by atomic mass is 32.1. The summed E-state index contributed by atoms with van der Waals surface area (Å²) in [7, 11) is 0. The van der Waals surface area contributed by atoms with Crippen molar-refractivity contribution < 1.29 is 22.8 Å². The molecule has 1 aliphatic rings. The van der Waals surface area contributed by atoms with E-state index in [1.165, 1.54) is 17.4 Å². The fourth-order valence-electron chi connectivity index (χ4n) is 3.35. The van der Waals surface area contributed by atoms with Crippen LogP contribution < -0.4 is 4.74 Å². The first kappa shape index (κ1) is 21.3. The second kappa shape index (κ2) is 9.48. The lowest BCUT2D eigenvalue weighted by Gasteiger charge is -2.33. The molecule has 164 valence electrons. The van der Waals surface area contributed by atoms with E-state index in [0.717, 1.165) is 10.7 Å². The number of aryl methyl sites for hydroxylation is 1. The summed E-state index contributed by atoms with van der Waals surface area (Å²) in [5.74, 6) is 0.635. The molecule has 0 saturated carbocycles. The lowest BCUT2D eigenvalue weighted by atomic mass is 10.2. The molecule has 3 aromatic rings. The Morgan fingerprint density at radius 3 is 2.71 bits per heavy atom. The molecule has 0 atom stereocenters. The van der Waals surface area contributed by atoms with Crippen LogP contribution in [-0.4, -0.2) is 63.6 Å². The molecule has 0 N–H and O–H groups in total. The fraction of sp³-hybridized carbons (Fsp3) is 0.400. The smallest absolute Gasteiger partial charge is 0.387 e. The Morgan fingerprint density at radius 1 is 1.23 bits per heavy atom. The number of carbonyl (C=O) groups excluding carboxylic acids is 1. The minimum absolute atomic E-state index is 0.00704. The zero-order chi connectivity index (χ0) is 21.8. The number of nitrogens with zero attached hydrogens (tertiary/aromatic N) is 5. The summed E-state index contributed by atoms with van der Waals surface area (Å²) in [4.78, 5) is 25.1. The second-order valence-corrected chi connectivity index (χ2v) is 8.05. The zero-order valence-corrected chi connectivity index (χ0v) is 17.6. The Kier molecular flexibility index (Phi) is 6.52. The molecule has 0 radical (unpaired) electrons. The maximum absolute atomic E-state index is 12.6. The van der Waals surface area contributed by atoms with Crippen molar-refractivity contribution in [2.45, 2.75) is 26.5 Å². The Hall–Kier alpha value is -2.92. The van der Waals surface area contributed by atoms with E-state index in [4.69, 9.17) is 4.52 Å². The topological polar surface area (TPSA) is 84.6 Å². The summed E-state index contributed by atoms with van der Waals surface area (Å²) < 4.78 is 35.1. The molecule has 0 bridgehead atoms. The van der Waals surface area contributed by atoms with Crippen molar-refractivity contribution >= 4 is 17.2 Å². The minimum atomic E-state index is -2.94. The van der Waals surface area contributed by atoms with Gasteiger partial charge in [-0.1, -0.05) is 17.3 Å². The molecule has 8 nitrogen and oxygen atoms in total. The Bertz CT molecular complexity index is 1030. The number of benzene rings is 1. The largest absolute Gasteiger partial charge is 0.434 e. The lowest BCUT2D eigenvalue weighted by molar-refractivity contribution is -0.132. The van der Waals surface area contributed by atoms with Crippen LogP contribution in [0, 0.1) is 6.92 Å². The van der Waals surface area contributed by atoms with Crippen molar-refractivity contribution in [1.82, 2.24) is 24.9 Å². The maximum Gasteiger partial charge on any atom is 0.387 e. The van der Waals surface area contributed by atoms with Gasteiger partial charge in [-0.2, -0.15) is 13.8 Å². The summed E-state index contributed by atoms with van der Waals surface area (Å²) >= 11 is 1.50. The summed E-state index contributed by atoms with van der Waals surface area (Å²) in [6.45, 7) is 1.95. The van der Waals surface area contributed by atoms with Gasteiger partial charge >= 0.3 is 6.61 Å². The van der Waals surface area contributed by atoms with Crippen LogP contribution in [0.5, 0.6) is 5.75 Å². The fourth-order valence-corrected chi connectivity index (χ4v) is 4.11. The molecule has 1 amide bonds. The summed E-state index contributed by atoms with van der Waals surface area (Å²) in [6.07, 6.45) is 0.325. The number of hydrogen-bond donors (Lipinski definition) is 0. The molecule has 0 unspecified atom stereocenters. The number of rotatable bonds is 7. The molecule has 3 heterocycles. The van der Waals surface area contributed by atoms with E-state index < -0.39 is 6.61 Å². The number of carbonyl (C=O) groups is 1. The van der Waals surface area contributed by atoms with Crippen molar-refractivity contribution in [3.05, 3.63) is 46.2 Å². The highest BCUT2D eigenvalue weighted by Gasteiger charge is 2.24. The molecule has 1 fully saturated rings. The van der Waals surface area contributed by atoms with Crippen molar-refractivity contribution in [3.8, 4) is 17.1 Å². The minimum Gasteiger partial charge on any atom is -0.434 e. The average Bonchev–Trinajstić information content (AvgIpc) is 3.37. The molecule has 4 rings (SSSR count). The Labute approximate surface area is 181 Å². The van der Waals surface area contributed by atoms with Crippen molar-refractivity contribution in [2.24, 2.45) is 0 Å². The van der Waals surface area contributed by atoms with Crippen LogP contribution >= 0.6 is 11.3 Å².